The van der Waals surface area contributed by atoms with Crippen LogP contribution in [0.15, 0.2) is 40.6 Å². The number of nitrogens with zero attached hydrogens (tertiary/aromatic N) is 3. The van der Waals surface area contributed by atoms with Crippen LogP contribution < -0.4 is 4.90 Å². The molecule has 176 valence electrons. The monoisotopic (exact) mass is 525 g/mol. The zero-order valence-corrected chi connectivity index (χ0v) is 21.1. The molecule has 3 aromatic rings. The maximum absolute atomic E-state index is 13.6. The number of anilines is 1. The number of fused-ring (bicyclic) bond motifs is 1. The molecule has 1 aromatic carbocycles. The average molecular weight is 526 g/mol. The number of benzene rings is 1. The Kier molecular flexibility index (Phi) is 6.74. The summed E-state index contributed by atoms with van der Waals surface area (Å²) in [6, 6.07) is 11.0. The molecule has 1 atom stereocenters. The summed E-state index contributed by atoms with van der Waals surface area (Å²) >= 11 is 8.50. The third-order valence-corrected chi connectivity index (χ3v) is 10.8. The first-order chi connectivity index (χ1) is 15.9. The molecule has 0 radical (unpaired) electrons. The lowest BCUT2D eigenvalue weighted by atomic mass is 9.96. The number of thiophene rings is 1. The van der Waals surface area contributed by atoms with Gasteiger partial charge >= 0.3 is 0 Å². The standard InChI is InChI=1S/C22H24ClN3O4S3/c23-19-7-8-20(32-19)33(28,29)25-11-9-15(10-12-25)21(27)26(14-16-4-3-13-30-16)22-24-17-5-1-2-6-18(17)31-22/h1-2,5-8,15-16H,3-4,9-14H2. The van der Waals surface area contributed by atoms with E-state index in [9.17, 15) is 13.2 Å². The molecule has 11 heteroatoms. The minimum absolute atomic E-state index is 0.000715. The SMILES string of the molecule is O=C(C1CCN(S(=O)(=O)c2ccc(Cl)s2)CC1)N(CC1CCCO1)c1nc2ccccc2s1. The summed E-state index contributed by atoms with van der Waals surface area (Å²) in [7, 11) is -3.59. The zero-order valence-electron chi connectivity index (χ0n) is 17.9. The number of carbonyl (C=O) groups excluding carboxylic acids is 1. The van der Waals surface area contributed by atoms with Crippen LogP contribution in [0.4, 0.5) is 5.13 Å². The van der Waals surface area contributed by atoms with Crippen molar-refractivity contribution in [3.05, 3.63) is 40.7 Å². The van der Waals surface area contributed by atoms with Crippen molar-refractivity contribution in [1.82, 2.24) is 9.29 Å². The fourth-order valence-electron chi connectivity index (χ4n) is 4.36. The van der Waals surface area contributed by atoms with E-state index >= 15 is 0 Å². The zero-order chi connectivity index (χ0) is 23.0. The van der Waals surface area contributed by atoms with Gasteiger partial charge in [-0.05, 0) is 49.9 Å². The van der Waals surface area contributed by atoms with Gasteiger partial charge in [-0.2, -0.15) is 4.31 Å². The molecule has 1 amide bonds. The second kappa shape index (κ2) is 9.59. The minimum atomic E-state index is -3.59. The van der Waals surface area contributed by atoms with Gasteiger partial charge in [-0.25, -0.2) is 13.4 Å². The molecule has 0 N–H and O–H groups in total. The van der Waals surface area contributed by atoms with Crippen molar-refractivity contribution in [1.29, 1.82) is 0 Å². The second-order valence-electron chi connectivity index (χ2n) is 8.28. The van der Waals surface area contributed by atoms with Gasteiger partial charge in [-0.1, -0.05) is 35.1 Å². The first-order valence-corrected chi connectivity index (χ1v) is 14.4. The summed E-state index contributed by atoms with van der Waals surface area (Å²) in [5.74, 6) is -0.252. The van der Waals surface area contributed by atoms with Gasteiger partial charge in [0.2, 0.25) is 5.91 Å². The van der Waals surface area contributed by atoms with E-state index < -0.39 is 10.0 Å². The van der Waals surface area contributed by atoms with Crippen molar-refractivity contribution < 1.29 is 17.9 Å². The highest BCUT2D eigenvalue weighted by molar-refractivity contribution is 7.91. The van der Waals surface area contributed by atoms with Crippen molar-refractivity contribution in [2.45, 2.75) is 36.0 Å². The van der Waals surface area contributed by atoms with Crippen molar-refractivity contribution in [3.63, 3.8) is 0 Å². The van der Waals surface area contributed by atoms with Crippen LogP contribution in [0.1, 0.15) is 25.7 Å². The lowest BCUT2D eigenvalue weighted by molar-refractivity contribution is -0.123. The fraction of sp³-hybridized carbons (Fsp3) is 0.455. The molecule has 2 saturated heterocycles. The number of sulfonamides is 1. The summed E-state index contributed by atoms with van der Waals surface area (Å²) in [5.41, 5.74) is 0.873. The van der Waals surface area contributed by atoms with E-state index in [4.69, 9.17) is 21.3 Å². The van der Waals surface area contributed by atoms with Gasteiger partial charge in [-0.15, -0.1) is 11.3 Å². The quantitative estimate of drug-likeness (QED) is 0.469. The first kappa shape index (κ1) is 23.2. The number of halogens is 1. The lowest BCUT2D eigenvalue weighted by Gasteiger charge is -2.33. The van der Waals surface area contributed by atoms with Crippen LogP contribution in [0, 0.1) is 5.92 Å². The molecule has 33 heavy (non-hydrogen) atoms. The van der Waals surface area contributed by atoms with Crippen molar-refractivity contribution in [2.24, 2.45) is 5.92 Å². The van der Waals surface area contributed by atoms with Gasteiger partial charge in [0.1, 0.15) is 4.21 Å². The van der Waals surface area contributed by atoms with Gasteiger partial charge in [0, 0.05) is 25.6 Å². The number of para-hydroxylation sites is 1. The molecule has 0 bridgehead atoms. The van der Waals surface area contributed by atoms with E-state index in [0.29, 0.717) is 41.9 Å². The molecular weight excluding hydrogens is 502 g/mol. The number of rotatable bonds is 6. The van der Waals surface area contributed by atoms with Gasteiger partial charge in [-0.3, -0.25) is 9.69 Å². The van der Waals surface area contributed by atoms with Crippen LogP contribution in [-0.4, -0.2) is 56.0 Å². The van der Waals surface area contributed by atoms with Crippen LogP contribution in [-0.2, 0) is 19.6 Å². The van der Waals surface area contributed by atoms with Crippen LogP contribution in [0.2, 0.25) is 4.34 Å². The number of piperidine rings is 1. The molecular formula is C22H24ClN3O4S3. The van der Waals surface area contributed by atoms with Crippen molar-refractivity contribution in [2.75, 3.05) is 31.1 Å². The summed E-state index contributed by atoms with van der Waals surface area (Å²) < 4.78 is 34.8. The van der Waals surface area contributed by atoms with E-state index in [1.54, 1.807) is 11.0 Å². The van der Waals surface area contributed by atoms with Crippen LogP contribution in [0.5, 0.6) is 0 Å². The van der Waals surface area contributed by atoms with Gasteiger partial charge in [0.05, 0.1) is 27.2 Å². The molecule has 1 unspecified atom stereocenters. The van der Waals surface area contributed by atoms with Crippen LogP contribution in [0.3, 0.4) is 0 Å². The molecule has 2 aromatic heterocycles. The van der Waals surface area contributed by atoms with Crippen molar-refractivity contribution in [3.8, 4) is 0 Å². The Morgan fingerprint density at radius 1 is 1.15 bits per heavy atom. The van der Waals surface area contributed by atoms with Gasteiger partial charge < -0.3 is 4.74 Å². The number of amides is 1. The Labute approximate surface area is 206 Å². The Hall–Kier alpha value is -1.56. The predicted octanol–water partition coefficient (Wildman–Crippen LogP) is 4.62. The fourth-order valence-corrected chi connectivity index (χ4v) is 8.44. The van der Waals surface area contributed by atoms with Crippen LogP contribution >= 0.6 is 34.3 Å². The van der Waals surface area contributed by atoms with E-state index in [1.807, 2.05) is 24.3 Å². The Balaban J connectivity index is 1.33. The molecule has 7 nitrogen and oxygen atoms in total. The van der Waals surface area contributed by atoms with Crippen LogP contribution in [0.25, 0.3) is 10.2 Å². The molecule has 0 saturated carbocycles. The minimum Gasteiger partial charge on any atom is -0.376 e. The smallest absolute Gasteiger partial charge is 0.252 e. The van der Waals surface area contributed by atoms with Gasteiger partial charge in [0.15, 0.2) is 5.13 Å². The average Bonchev–Trinajstić information content (AvgIpc) is 3.57. The van der Waals surface area contributed by atoms with Gasteiger partial charge in [0.25, 0.3) is 10.0 Å². The molecule has 2 fully saturated rings. The third kappa shape index (κ3) is 4.82. The number of aromatic nitrogens is 1. The molecule has 5 rings (SSSR count). The number of ether oxygens (including phenoxy) is 1. The highest BCUT2D eigenvalue weighted by Gasteiger charge is 2.36. The number of thiazole rings is 1. The second-order valence-corrected chi connectivity index (χ2v) is 13.2. The number of hydrogen-bond donors (Lipinski definition) is 0. The summed E-state index contributed by atoms with van der Waals surface area (Å²) in [5, 5.41) is 0.681. The predicted molar refractivity (Wildman–Crippen MR) is 132 cm³/mol. The first-order valence-electron chi connectivity index (χ1n) is 11.0. The summed E-state index contributed by atoms with van der Waals surface area (Å²) in [6.07, 6.45) is 2.88. The highest BCUT2D eigenvalue weighted by Crippen LogP contribution is 2.34. The summed E-state index contributed by atoms with van der Waals surface area (Å²) in [4.78, 5) is 20.1. The number of hydrogen-bond acceptors (Lipinski definition) is 7. The Bertz CT molecular complexity index is 1210. The maximum atomic E-state index is 13.6. The van der Waals surface area contributed by atoms with E-state index in [0.717, 1.165) is 41.0 Å². The molecule has 2 aliphatic rings. The molecule has 4 heterocycles. The summed E-state index contributed by atoms with van der Waals surface area (Å²) in [6.45, 7) is 1.81. The molecule has 2 aliphatic heterocycles. The maximum Gasteiger partial charge on any atom is 0.252 e. The van der Waals surface area contributed by atoms with E-state index in [-0.39, 0.29) is 22.1 Å². The Morgan fingerprint density at radius 3 is 2.61 bits per heavy atom. The lowest BCUT2D eigenvalue weighted by Crippen LogP contribution is -2.46. The van der Waals surface area contributed by atoms with Crippen molar-refractivity contribution >= 4 is 65.6 Å². The highest BCUT2D eigenvalue weighted by atomic mass is 35.5. The molecule has 0 spiro atoms. The van der Waals surface area contributed by atoms with E-state index in [2.05, 4.69) is 0 Å². The van der Waals surface area contributed by atoms with E-state index in [1.165, 1.54) is 21.7 Å². The Morgan fingerprint density at radius 2 is 1.94 bits per heavy atom. The topological polar surface area (TPSA) is 79.8 Å². The number of carbonyl (C=O) groups is 1. The largest absolute Gasteiger partial charge is 0.376 e. The third-order valence-electron chi connectivity index (χ3n) is 6.14. The normalized spacial score (nSPS) is 20.5. The molecule has 0 aliphatic carbocycles.